The molecule has 1 amide bonds. The van der Waals surface area contributed by atoms with E-state index in [9.17, 15) is 28.3 Å². The first-order chi connectivity index (χ1) is 19.2. The summed E-state index contributed by atoms with van der Waals surface area (Å²) in [6.45, 7) is 0.997. The second kappa shape index (κ2) is 13.2. The molecule has 0 radical (unpaired) electrons. The third kappa shape index (κ3) is 6.51. The number of carbonyl (C=O) groups excluding carboxylic acids is 1. The highest BCUT2D eigenvalue weighted by Gasteiger charge is 2.41. The zero-order chi connectivity index (χ0) is 28.9. The van der Waals surface area contributed by atoms with Gasteiger partial charge in [-0.2, -0.15) is 0 Å². The van der Waals surface area contributed by atoms with E-state index < -0.39 is 41.6 Å². The van der Waals surface area contributed by atoms with Crippen molar-refractivity contribution in [2.24, 2.45) is 5.41 Å². The summed E-state index contributed by atoms with van der Waals surface area (Å²) in [5.41, 5.74) is 1.91. The lowest BCUT2D eigenvalue weighted by atomic mass is 9.73. The number of nitrogens with one attached hydrogen (secondary N) is 1. The van der Waals surface area contributed by atoms with Gasteiger partial charge in [0.15, 0.2) is 11.6 Å². The van der Waals surface area contributed by atoms with Gasteiger partial charge in [0.1, 0.15) is 17.7 Å². The number of aliphatic hydroxyl groups is 1. The lowest BCUT2D eigenvalue weighted by molar-refractivity contribution is -0.143. The normalized spacial score (nSPS) is 16.2. The molecule has 3 aromatic rings. The Kier molecular flexibility index (Phi) is 9.88. The highest BCUT2D eigenvalue weighted by Crippen LogP contribution is 2.41. The largest absolute Gasteiger partial charge is 0.497 e. The first-order valence-electron chi connectivity index (χ1n) is 12.9. The molecular formula is C28H31F4N3O4S. The number of hydroxylamine groups is 1. The molecule has 7 nitrogen and oxygen atoms in total. The van der Waals surface area contributed by atoms with E-state index in [0.29, 0.717) is 72.1 Å². The minimum atomic E-state index is -1.51. The van der Waals surface area contributed by atoms with E-state index in [2.05, 4.69) is 4.98 Å². The van der Waals surface area contributed by atoms with Crippen LogP contribution in [0.3, 0.4) is 0 Å². The number of benzene rings is 2. The van der Waals surface area contributed by atoms with Gasteiger partial charge in [0, 0.05) is 46.0 Å². The Bertz CT molecular complexity index is 1350. The van der Waals surface area contributed by atoms with Crippen molar-refractivity contribution in [3.8, 4) is 5.75 Å². The van der Waals surface area contributed by atoms with Gasteiger partial charge < -0.3 is 14.7 Å². The van der Waals surface area contributed by atoms with E-state index in [0.717, 1.165) is 17.8 Å². The number of carbonyl (C=O) groups is 1. The van der Waals surface area contributed by atoms with Gasteiger partial charge in [0.05, 0.1) is 24.6 Å². The summed E-state index contributed by atoms with van der Waals surface area (Å²) in [6.07, 6.45) is 0.730. The molecular weight excluding hydrogens is 550 g/mol. The number of fused-ring (bicyclic) bond motifs is 1. The monoisotopic (exact) mass is 581 g/mol. The third-order valence-electron chi connectivity index (χ3n) is 7.58. The van der Waals surface area contributed by atoms with Crippen molar-refractivity contribution in [1.29, 1.82) is 0 Å². The van der Waals surface area contributed by atoms with Crippen molar-refractivity contribution in [2.75, 3.05) is 32.5 Å². The first-order valence-corrected chi connectivity index (χ1v) is 13.8. The number of nitrogens with zero attached hydrogens (tertiary/aromatic N) is 2. The Morgan fingerprint density at radius 3 is 2.65 bits per heavy atom. The van der Waals surface area contributed by atoms with Gasteiger partial charge >= 0.3 is 0 Å². The molecule has 0 unspecified atom stereocenters. The molecule has 1 atom stereocenters. The van der Waals surface area contributed by atoms with Crippen molar-refractivity contribution in [3.05, 3.63) is 65.1 Å². The van der Waals surface area contributed by atoms with Crippen molar-refractivity contribution in [1.82, 2.24) is 15.4 Å². The van der Waals surface area contributed by atoms with Crippen LogP contribution in [0.4, 0.5) is 17.6 Å². The zero-order valence-electron chi connectivity index (χ0n) is 21.9. The topological polar surface area (TPSA) is 94.9 Å². The van der Waals surface area contributed by atoms with Crippen LogP contribution in [0.25, 0.3) is 10.9 Å². The van der Waals surface area contributed by atoms with E-state index in [-0.39, 0.29) is 17.7 Å². The molecule has 0 spiro atoms. The highest BCUT2D eigenvalue weighted by atomic mass is 32.2. The van der Waals surface area contributed by atoms with Gasteiger partial charge in [0.2, 0.25) is 5.91 Å². The third-order valence-corrected chi connectivity index (χ3v) is 8.58. The molecule has 4 rings (SSSR count). The summed E-state index contributed by atoms with van der Waals surface area (Å²) >= 11 is 0.998. The number of likely N-dealkylation sites (tertiary alicyclic amines) is 1. The maximum atomic E-state index is 15.9. The number of ether oxygens (including phenoxy) is 1. The lowest BCUT2D eigenvalue weighted by Gasteiger charge is -2.40. The van der Waals surface area contributed by atoms with Crippen LogP contribution in [-0.4, -0.2) is 58.6 Å². The lowest BCUT2D eigenvalue weighted by Crippen LogP contribution is -2.48. The summed E-state index contributed by atoms with van der Waals surface area (Å²) in [6, 6.07) is 6.54. The Labute approximate surface area is 233 Å². The van der Waals surface area contributed by atoms with E-state index in [1.54, 1.807) is 23.7 Å². The molecule has 0 aliphatic carbocycles. The predicted octanol–water partition coefficient (Wildman–Crippen LogP) is 5.32. The average molecular weight is 582 g/mol. The fourth-order valence-corrected chi connectivity index (χ4v) is 6.23. The van der Waals surface area contributed by atoms with Crippen molar-refractivity contribution in [2.45, 2.75) is 43.4 Å². The first kappa shape index (κ1) is 30.0. The standard InChI is InChI=1S/C28H31F4N3O4S/c1-39-19-2-3-23-20(14-19)25(17(16-36)15-33-23)21(30)4-5-28(27(37)34-38)6-8-35(9-7-28)10-11-40-24-13-18(29)12-22(31)26(24)32/h2-3,12-15,21,36,38H,4-11,16H2,1H3,(H,34,37)/t21-/m1/s1. The summed E-state index contributed by atoms with van der Waals surface area (Å²) in [5, 5.41) is 19.8. The molecule has 216 valence electrons. The Morgan fingerprint density at radius 2 is 1.98 bits per heavy atom. The molecule has 3 N–H and O–H groups in total. The minimum absolute atomic E-state index is 0.0307. The Balaban J connectivity index is 1.42. The highest BCUT2D eigenvalue weighted by molar-refractivity contribution is 7.99. The number of amides is 1. The summed E-state index contributed by atoms with van der Waals surface area (Å²) < 4.78 is 62.0. The van der Waals surface area contributed by atoms with Crippen LogP contribution < -0.4 is 10.2 Å². The molecule has 2 aromatic carbocycles. The number of piperidine rings is 1. The van der Waals surface area contributed by atoms with Crippen molar-refractivity contribution in [3.63, 3.8) is 0 Å². The van der Waals surface area contributed by atoms with Crippen molar-refractivity contribution >= 4 is 28.6 Å². The van der Waals surface area contributed by atoms with Crippen LogP contribution in [0.15, 0.2) is 41.4 Å². The number of pyridine rings is 1. The molecule has 1 fully saturated rings. The van der Waals surface area contributed by atoms with Gasteiger partial charge in [-0.05, 0) is 63.0 Å². The SMILES string of the molecule is COc1ccc2ncc(CO)c([C@H](F)CCC3(C(=O)NO)CCN(CCSc4cc(F)cc(F)c4F)CC3)c2c1. The number of halogens is 4. The number of alkyl halides is 1. The van der Waals surface area contributed by atoms with Crippen LogP contribution in [0.2, 0.25) is 0 Å². The maximum Gasteiger partial charge on any atom is 0.249 e. The molecule has 2 heterocycles. The van der Waals surface area contributed by atoms with Gasteiger partial charge in [-0.3, -0.25) is 15.0 Å². The van der Waals surface area contributed by atoms with Crippen LogP contribution in [0, 0.1) is 22.9 Å². The summed E-state index contributed by atoms with van der Waals surface area (Å²) in [7, 11) is 1.50. The van der Waals surface area contributed by atoms with Crippen LogP contribution in [0.1, 0.15) is 43.0 Å². The number of aromatic nitrogens is 1. The molecule has 12 heteroatoms. The molecule has 1 aromatic heterocycles. The van der Waals surface area contributed by atoms with Crippen LogP contribution in [-0.2, 0) is 11.4 Å². The fraction of sp³-hybridized carbons (Fsp3) is 0.429. The number of hydrogen-bond acceptors (Lipinski definition) is 7. The number of methoxy groups -OCH3 is 1. The van der Waals surface area contributed by atoms with Gasteiger partial charge in [-0.1, -0.05) is 0 Å². The van der Waals surface area contributed by atoms with E-state index >= 15 is 4.39 Å². The number of rotatable bonds is 11. The Morgan fingerprint density at radius 1 is 1.23 bits per heavy atom. The van der Waals surface area contributed by atoms with Crippen LogP contribution >= 0.6 is 11.8 Å². The number of thioether (sulfide) groups is 1. The second-order valence-electron chi connectivity index (χ2n) is 9.86. The van der Waals surface area contributed by atoms with Crippen LogP contribution in [0.5, 0.6) is 5.75 Å². The number of aliphatic hydroxyl groups excluding tert-OH is 1. The molecule has 40 heavy (non-hydrogen) atoms. The Hall–Kier alpha value is -2.93. The smallest absolute Gasteiger partial charge is 0.249 e. The van der Waals surface area contributed by atoms with E-state index in [1.165, 1.54) is 13.3 Å². The molecule has 0 saturated carbocycles. The zero-order valence-corrected chi connectivity index (χ0v) is 22.7. The fourth-order valence-electron chi connectivity index (χ4n) is 5.24. The van der Waals surface area contributed by atoms with Gasteiger partial charge in [-0.25, -0.2) is 23.0 Å². The number of hydrogen-bond donors (Lipinski definition) is 3. The quantitative estimate of drug-likeness (QED) is 0.0928. The van der Waals surface area contributed by atoms with E-state index in [1.807, 2.05) is 4.90 Å². The molecule has 1 saturated heterocycles. The second-order valence-corrected chi connectivity index (χ2v) is 11.0. The molecule has 1 aliphatic heterocycles. The molecule has 1 aliphatic rings. The van der Waals surface area contributed by atoms with E-state index in [4.69, 9.17) is 4.74 Å². The van der Waals surface area contributed by atoms with Crippen molar-refractivity contribution < 1.29 is 37.4 Å². The predicted molar refractivity (Wildman–Crippen MR) is 142 cm³/mol. The summed E-state index contributed by atoms with van der Waals surface area (Å²) in [4.78, 5) is 19.0. The average Bonchev–Trinajstić information content (AvgIpc) is 2.97. The maximum absolute atomic E-state index is 15.9. The van der Waals surface area contributed by atoms with Gasteiger partial charge in [-0.15, -0.1) is 11.8 Å². The van der Waals surface area contributed by atoms with Gasteiger partial charge in [0.25, 0.3) is 0 Å². The minimum Gasteiger partial charge on any atom is -0.497 e. The summed E-state index contributed by atoms with van der Waals surface area (Å²) in [5.74, 6) is -2.88. The molecule has 0 bridgehead atoms.